The zero-order valence-electron chi connectivity index (χ0n) is 13.2. The molecule has 0 amide bonds. The molecule has 1 aliphatic heterocycles. The van der Waals surface area contributed by atoms with Gasteiger partial charge in [0.1, 0.15) is 23.7 Å². The molecule has 0 fully saturated rings. The number of carbonyl (C=O) groups excluding carboxylic acids is 1. The van der Waals surface area contributed by atoms with Gasteiger partial charge in [0.15, 0.2) is 17.3 Å². The Bertz CT molecular complexity index is 967. The maximum atomic E-state index is 13.7. The zero-order chi connectivity index (χ0) is 18.1. The lowest BCUT2D eigenvalue weighted by molar-refractivity contribution is 0.0459. The summed E-state index contributed by atoms with van der Waals surface area (Å²) in [6.07, 6.45) is 0. The van der Waals surface area contributed by atoms with Gasteiger partial charge in [-0.1, -0.05) is 22.8 Å². The molecule has 0 N–H and O–H groups in total. The third-order valence-corrected chi connectivity index (χ3v) is 4.05. The molecular weight excluding hydrogens is 365 g/mol. The first-order valence-corrected chi connectivity index (χ1v) is 7.96. The molecule has 0 spiro atoms. The van der Waals surface area contributed by atoms with E-state index in [2.05, 4.69) is 5.16 Å². The van der Waals surface area contributed by atoms with Crippen LogP contribution in [0.25, 0.3) is 11.3 Å². The predicted molar refractivity (Wildman–Crippen MR) is 88.6 cm³/mol. The summed E-state index contributed by atoms with van der Waals surface area (Å²) in [5.41, 5.74) is 0.795. The van der Waals surface area contributed by atoms with Crippen LogP contribution in [0, 0.1) is 5.82 Å². The molecular formula is C18H11ClFNO5. The standard InChI is InChI=1S/C18H11ClFNO5/c19-12-2-1-3-13(20)17(12)18(22)23-8-11-7-15(26-21-11)10-4-5-14-16(6-10)25-9-24-14/h1-7H,8-9H2. The summed E-state index contributed by atoms with van der Waals surface area (Å²) in [5.74, 6) is 0.118. The second-order valence-corrected chi connectivity index (χ2v) is 5.83. The van der Waals surface area contributed by atoms with Crippen molar-refractivity contribution in [3.05, 3.63) is 64.6 Å². The van der Waals surface area contributed by atoms with Crippen molar-refractivity contribution in [1.82, 2.24) is 5.16 Å². The van der Waals surface area contributed by atoms with E-state index in [9.17, 15) is 9.18 Å². The first kappa shape index (κ1) is 16.4. The number of fused-ring (bicyclic) bond motifs is 1. The average Bonchev–Trinajstić information content (AvgIpc) is 3.28. The number of aromatic nitrogens is 1. The van der Waals surface area contributed by atoms with Crippen LogP contribution in [-0.2, 0) is 11.3 Å². The number of esters is 1. The van der Waals surface area contributed by atoms with Gasteiger partial charge >= 0.3 is 5.97 Å². The molecule has 2 aromatic carbocycles. The number of hydrogen-bond acceptors (Lipinski definition) is 6. The molecule has 26 heavy (non-hydrogen) atoms. The summed E-state index contributed by atoms with van der Waals surface area (Å²) in [5, 5.41) is 3.83. The van der Waals surface area contributed by atoms with Crippen LogP contribution in [0.1, 0.15) is 16.1 Å². The Hall–Kier alpha value is -3.06. The van der Waals surface area contributed by atoms with Gasteiger partial charge in [-0.3, -0.25) is 0 Å². The maximum absolute atomic E-state index is 13.7. The number of carbonyl (C=O) groups is 1. The van der Waals surface area contributed by atoms with E-state index in [0.717, 1.165) is 11.6 Å². The van der Waals surface area contributed by atoms with E-state index < -0.39 is 11.8 Å². The average molecular weight is 376 g/mol. The predicted octanol–water partition coefficient (Wildman–Crippen LogP) is 4.22. The van der Waals surface area contributed by atoms with Crippen molar-refractivity contribution in [2.45, 2.75) is 6.61 Å². The van der Waals surface area contributed by atoms with Crippen LogP contribution in [0.3, 0.4) is 0 Å². The van der Waals surface area contributed by atoms with E-state index in [4.69, 9.17) is 30.3 Å². The van der Waals surface area contributed by atoms with Gasteiger partial charge in [-0.15, -0.1) is 0 Å². The number of benzene rings is 2. The van der Waals surface area contributed by atoms with Crippen LogP contribution in [-0.4, -0.2) is 17.9 Å². The fourth-order valence-corrected chi connectivity index (χ4v) is 2.71. The molecule has 132 valence electrons. The summed E-state index contributed by atoms with van der Waals surface area (Å²) in [4.78, 5) is 12.0. The summed E-state index contributed by atoms with van der Waals surface area (Å²) in [6.45, 7) is -0.00739. The van der Waals surface area contributed by atoms with E-state index in [0.29, 0.717) is 23.0 Å². The quantitative estimate of drug-likeness (QED) is 0.636. The largest absolute Gasteiger partial charge is 0.455 e. The van der Waals surface area contributed by atoms with Crippen molar-refractivity contribution in [1.29, 1.82) is 0 Å². The molecule has 0 unspecified atom stereocenters. The zero-order valence-corrected chi connectivity index (χ0v) is 14.0. The van der Waals surface area contributed by atoms with Gasteiger partial charge in [0.2, 0.25) is 6.79 Å². The number of hydrogen-bond donors (Lipinski definition) is 0. The molecule has 3 aromatic rings. The first-order valence-electron chi connectivity index (χ1n) is 7.58. The van der Waals surface area contributed by atoms with Crippen LogP contribution in [0.2, 0.25) is 5.02 Å². The van der Waals surface area contributed by atoms with E-state index >= 15 is 0 Å². The fraction of sp³-hybridized carbons (Fsp3) is 0.111. The van der Waals surface area contributed by atoms with Gasteiger partial charge in [0.25, 0.3) is 0 Å². The Kier molecular flexibility index (Phi) is 4.22. The van der Waals surface area contributed by atoms with Crippen LogP contribution in [0.5, 0.6) is 11.5 Å². The number of nitrogens with zero attached hydrogens (tertiary/aromatic N) is 1. The topological polar surface area (TPSA) is 70.8 Å². The van der Waals surface area contributed by atoms with Crippen molar-refractivity contribution in [3.63, 3.8) is 0 Å². The van der Waals surface area contributed by atoms with Crippen LogP contribution >= 0.6 is 11.6 Å². The summed E-state index contributed by atoms with van der Waals surface area (Å²) >= 11 is 5.84. The van der Waals surface area contributed by atoms with Gasteiger partial charge < -0.3 is 18.7 Å². The van der Waals surface area contributed by atoms with Crippen molar-refractivity contribution in [3.8, 4) is 22.8 Å². The Labute approximate surface area is 152 Å². The highest BCUT2D eigenvalue weighted by Gasteiger charge is 2.19. The second kappa shape index (κ2) is 6.68. The Morgan fingerprint density at radius 1 is 1.19 bits per heavy atom. The van der Waals surface area contributed by atoms with Gasteiger partial charge in [0.05, 0.1) is 5.02 Å². The van der Waals surface area contributed by atoms with E-state index in [1.165, 1.54) is 12.1 Å². The van der Waals surface area contributed by atoms with E-state index in [1.807, 2.05) is 0 Å². The lowest BCUT2D eigenvalue weighted by Crippen LogP contribution is -2.08. The summed E-state index contributed by atoms with van der Waals surface area (Å²) in [6, 6.07) is 10.9. The van der Waals surface area contributed by atoms with Crippen LogP contribution < -0.4 is 9.47 Å². The molecule has 0 radical (unpaired) electrons. The molecule has 1 aromatic heterocycles. The van der Waals surface area contributed by atoms with Crippen molar-refractivity contribution < 1.29 is 27.9 Å². The van der Waals surface area contributed by atoms with Gasteiger partial charge in [-0.25, -0.2) is 9.18 Å². The molecule has 0 saturated heterocycles. The summed E-state index contributed by atoms with van der Waals surface area (Å²) < 4.78 is 34.6. The Balaban J connectivity index is 1.46. The third-order valence-electron chi connectivity index (χ3n) is 3.73. The molecule has 2 heterocycles. The monoisotopic (exact) mass is 375 g/mol. The molecule has 4 rings (SSSR count). The smallest absolute Gasteiger partial charge is 0.343 e. The minimum Gasteiger partial charge on any atom is -0.455 e. The minimum atomic E-state index is -0.874. The van der Waals surface area contributed by atoms with E-state index in [-0.39, 0.29) is 24.0 Å². The maximum Gasteiger partial charge on any atom is 0.343 e. The van der Waals surface area contributed by atoms with E-state index in [1.54, 1.807) is 24.3 Å². The summed E-state index contributed by atoms with van der Waals surface area (Å²) in [7, 11) is 0. The number of rotatable bonds is 4. The highest BCUT2D eigenvalue weighted by atomic mass is 35.5. The van der Waals surface area contributed by atoms with Gasteiger partial charge in [0, 0.05) is 11.6 Å². The fourth-order valence-electron chi connectivity index (χ4n) is 2.47. The van der Waals surface area contributed by atoms with Crippen molar-refractivity contribution in [2.75, 3.05) is 6.79 Å². The molecule has 0 atom stereocenters. The van der Waals surface area contributed by atoms with Crippen LogP contribution in [0.15, 0.2) is 47.0 Å². The van der Waals surface area contributed by atoms with Crippen molar-refractivity contribution >= 4 is 17.6 Å². The highest BCUT2D eigenvalue weighted by molar-refractivity contribution is 6.33. The first-order chi connectivity index (χ1) is 12.6. The molecule has 0 saturated carbocycles. The van der Waals surface area contributed by atoms with Gasteiger partial charge in [-0.05, 0) is 30.3 Å². The molecule has 0 aliphatic carbocycles. The highest BCUT2D eigenvalue weighted by Crippen LogP contribution is 2.36. The Morgan fingerprint density at radius 3 is 2.88 bits per heavy atom. The van der Waals surface area contributed by atoms with Crippen LogP contribution in [0.4, 0.5) is 4.39 Å². The molecule has 0 bridgehead atoms. The SMILES string of the molecule is O=C(OCc1cc(-c2ccc3c(c2)OCO3)on1)c1c(F)cccc1Cl. The van der Waals surface area contributed by atoms with Crippen molar-refractivity contribution in [2.24, 2.45) is 0 Å². The number of halogens is 2. The number of ether oxygens (including phenoxy) is 3. The lowest BCUT2D eigenvalue weighted by Gasteiger charge is -2.05. The minimum absolute atomic E-state index is 0.0174. The normalized spacial score (nSPS) is 12.2. The Morgan fingerprint density at radius 2 is 2.04 bits per heavy atom. The molecule has 6 nitrogen and oxygen atoms in total. The molecule has 1 aliphatic rings. The third kappa shape index (κ3) is 3.09. The van der Waals surface area contributed by atoms with Gasteiger partial charge in [-0.2, -0.15) is 0 Å². The lowest BCUT2D eigenvalue weighted by atomic mass is 10.1. The molecule has 8 heteroatoms. The second-order valence-electron chi connectivity index (χ2n) is 5.42.